The molecule has 2 aromatic carbocycles. The van der Waals surface area contributed by atoms with Gasteiger partial charge in [0, 0.05) is 0 Å². The highest BCUT2D eigenvalue weighted by Crippen LogP contribution is 2.36. The molecule has 20 heavy (non-hydrogen) atoms. The standard InChI is InChI=1S/C20H22/c1-2-9-19-16(5-1)11-13-18(19)14-12-17-7-3-6-15-8-4-10-20(15)17/h1-3,5-7,9,18H,4,8,10-14H2/t18-/m1/s1. The molecule has 0 amide bonds. The average molecular weight is 262 g/mol. The van der Waals surface area contributed by atoms with E-state index in [2.05, 4.69) is 42.5 Å². The second kappa shape index (κ2) is 5.09. The van der Waals surface area contributed by atoms with Crippen LogP contribution in [0.4, 0.5) is 0 Å². The van der Waals surface area contributed by atoms with Crippen LogP contribution in [-0.2, 0) is 25.7 Å². The highest BCUT2D eigenvalue weighted by molar-refractivity contribution is 5.39. The van der Waals surface area contributed by atoms with Crippen LogP contribution < -0.4 is 0 Å². The summed E-state index contributed by atoms with van der Waals surface area (Å²) in [5, 5.41) is 0. The fourth-order valence-corrected chi connectivity index (χ4v) is 4.21. The molecule has 2 aliphatic rings. The van der Waals surface area contributed by atoms with Gasteiger partial charge in [0.05, 0.1) is 0 Å². The van der Waals surface area contributed by atoms with Crippen molar-refractivity contribution in [3.05, 3.63) is 70.3 Å². The van der Waals surface area contributed by atoms with Gasteiger partial charge in [-0.25, -0.2) is 0 Å². The molecule has 0 fully saturated rings. The number of rotatable bonds is 3. The lowest BCUT2D eigenvalue weighted by Gasteiger charge is -2.13. The van der Waals surface area contributed by atoms with Gasteiger partial charge in [-0.05, 0) is 78.7 Å². The second-order valence-corrected chi connectivity index (χ2v) is 6.38. The van der Waals surface area contributed by atoms with Gasteiger partial charge >= 0.3 is 0 Å². The van der Waals surface area contributed by atoms with Crippen molar-refractivity contribution < 1.29 is 0 Å². The summed E-state index contributed by atoms with van der Waals surface area (Å²) in [6.07, 6.45) is 9.21. The zero-order valence-electron chi connectivity index (χ0n) is 12.1. The monoisotopic (exact) mass is 262 g/mol. The van der Waals surface area contributed by atoms with Crippen molar-refractivity contribution in [2.75, 3.05) is 0 Å². The van der Waals surface area contributed by atoms with Crippen molar-refractivity contribution in [1.82, 2.24) is 0 Å². The van der Waals surface area contributed by atoms with Gasteiger partial charge < -0.3 is 0 Å². The molecule has 0 saturated carbocycles. The van der Waals surface area contributed by atoms with Crippen molar-refractivity contribution in [1.29, 1.82) is 0 Å². The Morgan fingerprint density at radius 2 is 1.75 bits per heavy atom. The van der Waals surface area contributed by atoms with Gasteiger partial charge in [0.1, 0.15) is 0 Å². The first-order valence-electron chi connectivity index (χ1n) is 8.09. The van der Waals surface area contributed by atoms with Gasteiger partial charge in [-0.3, -0.25) is 0 Å². The molecule has 0 nitrogen and oxygen atoms in total. The molecule has 2 aliphatic carbocycles. The Hall–Kier alpha value is -1.56. The average Bonchev–Trinajstić information content (AvgIpc) is 3.12. The molecule has 0 aromatic heterocycles. The van der Waals surface area contributed by atoms with E-state index < -0.39 is 0 Å². The molecule has 0 spiro atoms. The van der Waals surface area contributed by atoms with Crippen molar-refractivity contribution in [3.63, 3.8) is 0 Å². The lowest BCUT2D eigenvalue weighted by Crippen LogP contribution is -1.99. The smallest absolute Gasteiger partial charge is 0.0153 e. The molecular formula is C20H22. The Labute approximate surface area is 121 Å². The lowest BCUT2D eigenvalue weighted by molar-refractivity contribution is 0.617. The Balaban J connectivity index is 1.51. The predicted molar refractivity (Wildman–Crippen MR) is 84.3 cm³/mol. The van der Waals surface area contributed by atoms with Crippen LogP contribution >= 0.6 is 0 Å². The maximum Gasteiger partial charge on any atom is -0.0153 e. The summed E-state index contributed by atoms with van der Waals surface area (Å²) < 4.78 is 0. The van der Waals surface area contributed by atoms with Crippen molar-refractivity contribution in [2.24, 2.45) is 0 Å². The zero-order chi connectivity index (χ0) is 13.4. The van der Waals surface area contributed by atoms with Crippen LogP contribution in [0.2, 0.25) is 0 Å². The van der Waals surface area contributed by atoms with Crippen molar-refractivity contribution in [2.45, 2.75) is 50.9 Å². The molecule has 0 heterocycles. The number of hydrogen-bond donors (Lipinski definition) is 0. The number of aryl methyl sites for hydroxylation is 3. The molecule has 0 heteroatoms. The summed E-state index contributed by atoms with van der Waals surface area (Å²) in [5.41, 5.74) is 8.15. The van der Waals surface area contributed by atoms with E-state index in [4.69, 9.17) is 0 Å². The quantitative estimate of drug-likeness (QED) is 0.742. The summed E-state index contributed by atoms with van der Waals surface area (Å²) in [6.45, 7) is 0. The molecule has 102 valence electrons. The highest BCUT2D eigenvalue weighted by Gasteiger charge is 2.22. The SMILES string of the molecule is c1ccc2c(c1)CC[C@@H]2CCc1cccc2c1CCC2. The first kappa shape index (κ1) is 12.2. The predicted octanol–water partition coefficient (Wildman–Crippen LogP) is 4.84. The van der Waals surface area contributed by atoms with Gasteiger partial charge in [0.25, 0.3) is 0 Å². The molecule has 2 aromatic rings. The highest BCUT2D eigenvalue weighted by atomic mass is 14.3. The Morgan fingerprint density at radius 3 is 2.75 bits per heavy atom. The zero-order valence-corrected chi connectivity index (χ0v) is 12.1. The van der Waals surface area contributed by atoms with E-state index >= 15 is 0 Å². The lowest BCUT2D eigenvalue weighted by atomic mass is 9.91. The van der Waals surface area contributed by atoms with Crippen LogP contribution in [0.15, 0.2) is 42.5 Å². The van der Waals surface area contributed by atoms with Crippen LogP contribution in [0.1, 0.15) is 53.0 Å². The van der Waals surface area contributed by atoms with Crippen molar-refractivity contribution >= 4 is 0 Å². The molecule has 0 saturated heterocycles. The first-order valence-corrected chi connectivity index (χ1v) is 8.09. The van der Waals surface area contributed by atoms with E-state index in [1.54, 1.807) is 27.8 Å². The third-order valence-electron chi connectivity index (χ3n) is 5.26. The summed E-state index contributed by atoms with van der Waals surface area (Å²) in [4.78, 5) is 0. The van der Waals surface area contributed by atoms with Gasteiger partial charge in [-0.1, -0.05) is 42.5 Å². The Kier molecular flexibility index (Phi) is 3.10. The van der Waals surface area contributed by atoms with Gasteiger partial charge in [-0.15, -0.1) is 0 Å². The van der Waals surface area contributed by atoms with E-state index in [9.17, 15) is 0 Å². The van der Waals surface area contributed by atoms with Gasteiger partial charge in [0.15, 0.2) is 0 Å². The summed E-state index contributed by atoms with van der Waals surface area (Å²) >= 11 is 0. The molecule has 0 aliphatic heterocycles. The van der Waals surface area contributed by atoms with Gasteiger partial charge in [-0.2, -0.15) is 0 Å². The molecular weight excluding hydrogens is 240 g/mol. The number of hydrogen-bond acceptors (Lipinski definition) is 0. The second-order valence-electron chi connectivity index (χ2n) is 6.38. The van der Waals surface area contributed by atoms with Crippen LogP contribution in [-0.4, -0.2) is 0 Å². The topological polar surface area (TPSA) is 0 Å². The van der Waals surface area contributed by atoms with E-state index in [0.717, 1.165) is 5.92 Å². The maximum absolute atomic E-state index is 2.37. The summed E-state index contributed by atoms with van der Waals surface area (Å²) in [7, 11) is 0. The van der Waals surface area contributed by atoms with E-state index in [-0.39, 0.29) is 0 Å². The van der Waals surface area contributed by atoms with E-state index in [1.165, 1.54) is 44.9 Å². The molecule has 0 bridgehead atoms. The third kappa shape index (κ3) is 2.08. The maximum atomic E-state index is 2.37. The summed E-state index contributed by atoms with van der Waals surface area (Å²) in [6, 6.07) is 16.0. The number of benzene rings is 2. The van der Waals surface area contributed by atoms with E-state index in [1.807, 2.05) is 0 Å². The Morgan fingerprint density at radius 1 is 0.850 bits per heavy atom. The molecule has 0 N–H and O–H groups in total. The minimum Gasteiger partial charge on any atom is -0.0620 e. The minimum atomic E-state index is 0.795. The largest absolute Gasteiger partial charge is 0.0620 e. The normalized spacial score (nSPS) is 19.9. The molecule has 0 unspecified atom stereocenters. The molecule has 1 atom stereocenters. The van der Waals surface area contributed by atoms with Gasteiger partial charge in [0.2, 0.25) is 0 Å². The van der Waals surface area contributed by atoms with Crippen LogP contribution in [0.5, 0.6) is 0 Å². The Bertz CT molecular complexity index is 624. The van der Waals surface area contributed by atoms with Crippen LogP contribution in [0.25, 0.3) is 0 Å². The fraction of sp³-hybridized carbons (Fsp3) is 0.400. The number of fused-ring (bicyclic) bond motifs is 2. The van der Waals surface area contributed by atoms with Crippen LogP contribution in [0.3, 0.4) is 0 Å². The molecule has 0 radical (unpaired) electrons. The molecule has 4 rings (SSSR count). The van der Waals surface area contributed by atoms with Crippen LogP contribution in [0, 0.1) is 0 Å². The fourth-order valence-electron chi connectivity index (χ4n) is 4.21. The van der Waals surface area contributed by atoms with Crippen molar-refractivity contribution in [3.8, 4) is 0 Å². The van der Waals surface area contributed by atoms with E-state index in [0.29, 0.717) is 0 Å². The third-order valence-corrected chi connectivity index (χ3v) is 5.26. The minimum absolute atomic E-state index is 0.795. The first-order chi connectivity index (χ1) is 9.92. The summed E-state index contributed by atoms with van der Waals surface area (Å²) in [5.74, 6) is 0.795.